The molecule has 0 aliphatic rings. The molecule has 1 aromatic heterocycles. The van der Waals surface area contributed by atoms with Crippen molar-refractivity contribution in [3.8, 4) is 11.4 Å². The van der Waals surface area contributed by atoms with Gasteiger partial charge in [-0.2, -0.15) is 0 Å². The Hall–Kier alpha value is -1.26. The van der Waals surface area contributed by atoms with Gasteiger partial charge < -0.3 is 5.32 Å². The lowest BCUT2D eigenvalue weighted by atomic mass is 10.2. The maximum atomic E-state index is 4.41. The molecule has 1 heterocycles. The van der Waals surface area contributed by atoms with Gasteiger partial charge in [0.05, 0.1) is 0 Å². The minimum Gasteiger partial charge on any atom is -0.310 e. The van der Waals surface area contributed by atoms with E-state index in [1.807, 2.05) is 36.7 Å². The quantitative estimate of drug-likeness (QED) is 0.940. The molecule has 0 unspecified atom stereocenters. The Labute approximate surface area is 116 Å². The molecule has 18 heavy (non-hydrogen) atoms. The van der Waals surface area contributed by atoms with Crippen LogP contribution in [0.25, 0.3) is 11.4 Å². The fourth-order valence-corrected chi connectivity index (χ4v) is 2.01. The Morgan fingerprint density at radius 1 is 1.17 bits per heavy atom. The van der Waals surface area contributed by atoms with Crippen molar-refractivity contribution in [1.29, 1.82) is 0 Å². The maximum absolute atomic E-state index is 4.41. The zero-order chi connectivity index (χ0) is 13.0. The van der Waals surface area contributed by atoms with Gasteiger partial charge in [-0.3, -0.25) is 0 Å². The lowest BCUT2D eigenvalue weighted by Crippen LogP contribution is -2.21. The van der Waals surface area contributed by atoms with Gasteiger partial charge in [0.15, 0.2) is 5.82 Å². The van der Waals surface area contributed by atoms with Crippen LogP contribution in [-0.2, 0) is 6.54 Å². The standard InChI is InChI=1S/C14H16BrN3/c1-10(2)16-7-11-8-17-14(18-9-11)12-5-3-4-6-13(12)15/h3-6,8-10,16H,7H2,1-2H3. The van der Waals surface area contributed by atoms with Crippen LogP contribution >= 0.6 is 15.9 Å². The second-order valence-corrected chi connectivity index (χ2v) is 5.28. The zero-order valence-electron chi connectivity index (χ0n) is 10.5. The van der Waals surface area contributed by atoms with E-state index in [9.17, 15) is 0 Å². The normalized spacial score (nSPS) is 10.9. The van der Waals surface area contributed by atoms with Crippen LogP contribution in [0, 0.1) is 0 Å². The molecule has 0 aliphatic carbocycles. The molecule has 0 spiro atoms. The summed E-state index contributed by atoms with van der Waals surface area (Å²) in [7, 11) is 0. The first-order valence-corrected chi connectivity index (χ1v) is 6.75. The van der Waals surface area contributed by atoms with Gasteiger partial charge in [0.2, 0.25) is 0 Å². The lowest BCUT2D eigenvalue weighted by molar-refractivity contribution is 0.587. The van der Waals surface area contributed by atoms with Gasteiger partial charge in [0.25, 0.3) is 0 Å². The van der Waals surface area contributed by atoms with E-state index in [0.717, 1.165) is 28.0 Å². The van der Waals surface area contributed by atoms with Gasteiger partial charge in [-0.05, 0) is 6.07 Å². The van der Waals surface area contributed by atoms with Crippen molar-refractivity contribution in [3.63, 3.8) is 0 Å². The van der Waals surface area contributed by atoms with Crippen LogP contribution in [0.4, 0.5) is 0 Å². The molecule has 0 fully saturated rings. The van der Waals surface area contributed by atoms with Gasteiger partial charge in [-0.15, -0.1) is 0 Å². The third-order valence-corrected chi connectivity index (χ3v) is 3.23. The van der Waals surface area contributed by atoms with E-state index in [4.69, 9.17) is 0 Å². The Bertz CT molecular complexity index is 509. The van der Waals surface area contributed by atoms with E-state index in [1.165, 1.54) is 0 Å². The molecule has 0 amide bonds. The van der Waals surface area contributed by atoms with E-state index in [2.05, 4.69) is 45.1 Å². The van der Waals surface area contributed by atoms with Crippen molar-refractivity contribution in [2.24, 2.45) is 0 Å². The average Bonchev–Trinajstić information content (AvgIpc) is 2.38. The minimum absolute atomic E-state index is 0.466. The summed E-state index contributed by atoms with van der Waals surface area (Å²) in [5, 5.41) is 3.34. The highest BCUT2D eigenvalue weighted by Gasteiger charge is 2.05. The molecule has 1 N–H and O–H groups in total. The van der Waals surface area contributed by atoms with Crippen LogP contribution in [0.5, 0.6) is 0 Å². The van der Waals surface area contributed by atoms with Gasteiger partial charge in [0.1, 0.15) is 0 Å². The van der Waals surface area contributed by atoms with Gasteiger partial charge in [-0.25, -0.2) is 9.97 Å². The number of benzene rings is 1. The highest BCUT2D eigenvalue weighted by Crippen LogP contribution is 2.24. The van der Waals surface area contributed by atoms with Crippen molar-refractivity contribution in [3.05, 3.63) is 46.7 Å². The molecule has 1 aromatic carbocycles. The number of halogens is 1. The fraction of sp³-hybridized carbons (Fsp3) is 0.286. The van der Waals surface area contributed by atoms with Crippen molar-refractivity contribution in [2.75, 3.05) is 0 Å². The molecule has 2 rings (SSSR count). The first-order chi connectivity index (χ1) is 8.66. The molecule has 0 bridgehead atoms. The average molecular weight is 306 g/mol. The van der Waals surface area contributed by atoms with E-state index in [-0.39, 0.29) is 0 Å². The Morgan fingerprint density at radius 3 is 2.44 bits per heavy atom. The smallest absolute Gasteiger partial charge is 0.160 e. The van der Waals surface area contributed by atoms with Crippen LogP contribution in [0.1, 0.15) is 19.4 Å². The second-order valence-electron chi connectivity index (χ2n) is 4.43. The predicted molar refractivity (Wildman–Crippen MR) is 77.1 cm³/mol. The number of nitrogens with zero attached hydrogens (tertiary/aromatic N) is 2. The third kappa shape index (κ3) is 3.37. The number of hydrogen-bond acceptors (Lipinski definition) is 3. The Morgan fingerprint density at radius 2 is 1.83 bits per heavy atom. The molecule has 0 atom stereocenters. The van der Waals surface area contributed by atoms with Crippen molar-refractivity contribution in [1.82, 2.24) is 15.3 Å². The highest BCUT2D eigenvalue weighted by molar-refractivity contribution is 9.10. The lowest BCUT2D eigenvalue weighted by Gasteiger charge is -2.08. The topological polar surface area (TPSA) is 37.8 Å². The molecule has 2 aromatic rings. The molecule has 0 saturated carbocycles. The number of aromatic nitrogens is 2. The summed E-state index contributed by atoms with van der Waals surface area (Å²) in [6.45, 7) is 5.04. The fourth-order valence-electron chi connectivity index (χ4n) is 1.55. The molecule has 0 saturated heterocycles. The Kier molecular flexibility index (Phi) is 4.44. The summed E-state index contributed by atoms with van der Waals surface area (Å²) >= 11 is 3.51. The van der Waals surface area contributed by atoms with Crippen molar-refractivity contribution in [2.45, 2.75) is 26.4 Å². The molecular formula is C14H16BrN3. The second kappa shape index (κ2) is 6.07. The molecule has 0 aliphatic heterocycles. The van der Waals surface area contributed by atoms with Crippen LogP contribution in [-0.4, -0.2) is 16.0 Å². The van der Waals surface area contributed by atoms with Crippen LogP contribution in [0.3, 0.4) is 0 Å². The number of hydrogen-bond donors (Lipinski definition) is 1. The van der Waals surface area contributed by atoms with Gasteiger partial charge in [-0.1, -0.05) is 48.0 Å². The van der Waals surface area contributed by atoms with E-state index >= 15 is 0 Å². The number of rotatable bonds is 4. The van der Waals surface area contributed by atoms with Crippen molar-refractivity contribution < 1.29 is 0 Å². The maximum Gasteiger partial charge on any atom is 0.160 e. The first-order valence-electron chi connectivity index (χ1n) is 5.96. The van der Waals surface area contributed by atoms with Gasteiger partial charge >= 0.3 is 0 Å². The summed E-state index contributed by atoms with van der Waals surface area (Å²) in [4.78, 5) is 8.81. The molecule has 3 nitrogen and oxygen atoms in total. The van der Waals surface area contributed by atoms with Crippen LogP contribution in [0.2, 0.25) is 0 Å². The van der Waals surface area contributed by atoms with Crippen LogP contribution in [0.15, 0.2) is 41.1 Å². The molecule has 0 radical (unpaired) electrons. The number of nitrogens with one attached hydrogen (secondary N) is 1. The predicted octanol–water partition coefficient (Wildman–Crippen LogP) is 3.40. The molecule has 94 valence electrons. The van der Waals surface area contributed by atoms with E-state index in [1.54, 1.807) is 0 Å². The summed E-state index contributed by atoms with van der Waals surface area (Å²) in [5.74, 6) is 0.746. The van der Waals surface area contributed by atoms with Gasteiger partial charge in [0, 0.05) is 40.6 Å². The summed E-state index contributed by atoms with van der Waals surface area (Å²) < 4.78 is 1.01. The monoisotopic (exact) mass is 305 g/mol. The van der Waals surface area contributed by atoms with Crippen LogP contribution < -0.4 is 5.32 Å². The summed E-state index contributed by atoms with van der Waals surface area (Å²) in [6.07, 6.45) is 3.74. The SMILES string of the molecule is CC(C)NCc1cnc(-c2ccccc2Br)nc1. The summed E-state index contributed by atoms with van der Waals surface area (Å²) in [5.41, 5.74) is 2.11. The largest absolute Gasteiger partial charge is 0.310 e. The zero-order valence-corrected chi connectivity index (χ0v) is 12.1. The Balaban J connectivity index is 2.15. The van der Waals surface area contributed by atoms with E-state index in [0.29, 0.717) is 6.04 Å². The van der Waals surface area contributed by atoms with Crippen molar-refractivity contribution >= 4 is 15.9 Å². The molecular weight excluding hydrogens is 290 g/mol. The third-order valence-electron chi connectivity index (χ3n) is 2.53. The highest BCUT2D eigenvalue weighted by atomic mass is 79.9. The van der Waals surface area contributed by atoms with E-state index < -0.39 is 0 Å². The minimum atomic E-state index is 0.466. The molecule has 4 heteroatoms. The first kappa shape index (κ1) is 13.2. The summed E-state index contributed by atoms with van der Waals surface area (Å²) in [6, 6.07) is 8.43.